The van der Waals surface area contributed by atoms with Gasteiger partial charge < -0.3 is 4.90 Å². The first kappa shape index (κ1) is 39.8. The van der Waals surface area contributed by atoms with E-state index in [1.807, 2.05) is 0 Å². The fourth-order valence-corrected chi connectivity index (χ4v) is 11.0. The van der Waals surface area contributed by atoms with E-state index in [1.54, 1.807) is 0 Å². The van der Waals surface area contributed by atoms with Crippen LogP contribution in [0.15, 0.2) is 249 Å². The summed E-state index contributed by atoms with van der Waals surface area (Å²) in [5.74, 6) is 0. The first-order chi connectivity index (χ1) is 33.4. The van der Waals surface area contributed by atoms with Crippen LogP contribution < -0.4 is 4.90 Å². The molecule has 0 aromatic heterocycles. The third kappa shape index (κ3) is 6.70. The van der Waals surface area contributed by atoms with E-state index in [-0.39, 0.29) is 5.41 Å². The maximum atomic E-state index is 2.42. The van der Waals surface area contributed by atoms with Gasteiger partial charge in [0, 0.05) is 22.5 Å². The molecule has 0 unspecified atom stereocenters. The Bertz CT molecular complexity index is 3720. The second-order valence-corrected chi connectivity index (χ2v) is 18.9. The van der Waals surface area contributed by atoms with Gasteiger partial charge in [-0.3, -0.25) is 0 Å². The molecule has 0 atom stereocenters. The van der Waals surface area contributed by atoms with Crippen molar-refractivity contribution in [1.82, 2.24) is 0 Å². The molecule has 0 bridgehead atoms. The molecule has 0 N–H and O–H groups in total. The van der Waals surface area contributed by atoms with E-state index >= 15 is 0 Å². The van der Waals surface area contributed by atoms with E-state index in [0.717, 1.165) is 17.1 Å². The Morgan fingerprint density at radius 2 is 0.647 bits per heavy atom. The molecule has 0 aliphatic heterocycles. The summed E-state index contributed by atoms with van der Waals surface area (Å²) in [5.41, 5.74) is 18.2. The van der Waals surface area contributed by atoms with Gasteiger partial charge in [0.2, 0.25) is 0 Å². The Balaban J connectivity index is 0.847. The lowest BCUT2D eigenvalue weighted by Crippen LogP contribution is -2.16. The average molecular weight is 866 g/mol. The largest absolute Gasteiger partial charge is 0.310 e. The molecule has 0 fully saturated rings. The van der Waals surface area contributed by atoms with Gasteiger partial charge in [-0.25, -0.2) is 0 Å². The van der Waals surface area contributed by atoms with Crippen molar-refractivity contribution in [3.05, 3.63) is 260 Å². The number of benzene rings is 12. The highest BCUT2D eigenvalue weighted by Gasteiger charge is 2.35. The predicted molar refractivity (Wildman–Crippen MR) is 290 cm³/mol. The summed E-state index contributed by atoms with van der Waals surface area (Å²) in [6, 6.07) is 92.0. The summed E-state index contributed by atoms with van der Waals surface area (Å²) in [6.45, 7) is 4.72. The van der Waals surface area contributed by atoms with Gasteiger partial charge in [0.05, 0.1) is 0 Å². The minimum Gasteiger partial charge on any atom is -0.310 e. The van der Waals surface area contributed by atoms with E-state index in [4.69, 9.17) is 0 Å². The van der Waals surface area contributed by atoms with Crippen LogP contribution in [0.3, 0.4) is 0 Å². The van der Waals surface area contributed by atoms with Gasteiger partial charge in [0.15, 0.2) is 0 Å². The Morgan fingerprint density at radius 1 is 0.250 bits per heavy atom. The number of hydrogen-bond acceptors (Lipinski definition) is 1. The summed E-state index contributed by atoms with van der Waals surface area (Å²) in [6.07, 6.45) is 0. The lowest BCUT2D eigenvalue weighted by Gasteiger charge is -2.28. The van der Waals surface area contributed by atoms with Crippen LogP contribution in [0.5, 0.6) is 0 Å². The highest BCUT2D eigenvalue weighted by Crippen LogP contribution is 2.51. The molecule has 0 saturated heterocycles. The number of anilines is 3. The van der Waals surface area contributed by atoms with Crippen LogP contribution >= 0.6 is 0 Å². The van der Waals surface area contributed by atoms with Crippen LogP contribution in [0.2, 0.25) is 0 Å². The molecule has 68 heavy (non-hydrogen) atoms. The van der Waals surface area contributed by atoms with Crippen molar-refractivity contribution < 1.29 is 0 Å². The third-order valence-corrected chi connectivity index (χ3v) is 14.6. The topological polar surface area (TPSA) is 3.24 Å². The van der Waals surface area contributed by atoms with Crippen molar-refractivity contribution in [2.24, 2.45) is 0 Å². The minimum absolute atomic E-state index is 0.116. The third-order valence-electron chi connectivity index (χ3n) is 14.6. The molecule has 0 heterocycles. The molecular weight excluding hydrogens is 819 g/mol. The lowest BCUT2D eigenvalue weighted by atomic mass is 9.82. The van der Waals surface area contributed by atoms with Gasteiger partial charge in [0.1, 0.15) is 0 Å². The van der Waals surface area contributed by atoms with Crippen LogP contribution in [-0.4, -0.2) is 0 Å². The fraction of sp³-hybridized carbons (Fsp3) is 0.0448. The normalized spacial score (nSPS) is 12.7. The molecule has 0 amide bonds. The van der Waals surface area contributed by atoms with Crippen molar-refractivity contribution in [1.29, 1.82) is 0 Å². The highest BCUT2D eigenvalue weighted by molar-refractivity contribution is 6.09. The first-order valence-corrected chi connectivity index (χ1v) is 23.7. The molecular formula is C67H47N. The number of hydrogen-bond donors (Lipinski definition) is 0. The monoisotopic (exact) mass is 865 g/mol. The maximum absolute atomic E-state index is 2.42. The Labute approximate surface area is 397 Å². The smallest absolute Gasteiger partial charge is 0.0465 e. The van der Waals surface area contributed by atoms with E-state index in [1.165, 1.54) is 110 Å². The van der Waals surface area contributed by atoms with E-state index in [0.29, 0.717) is 0 Å². The van der Waals surface area contributed by atoms with Gasteiger partial charge in [-0.1, -0.05) is 202 Å². The highest BCUT2D eigenvalue weighted by atomic mass is 15.1. The van der Waals surface area contributed by atoms with E-state index in [9.17, 15) is 0 Å². The molecule has 0 saturated carbocycles. The molecule has 1 aliphatic rings. The quantitative estimate of drug-likeness (QED) is 0.144. The summed E-state index contributed by atoms with van der Waals surface area (Å²) in [4.78, 5) is 2.41. The maximum Gasteiger partial charge on any atom is 0.0465 e. The van der Waals surface area contributed by atoms with Crippen LogP contribution in [0.1, 0.15) is 25.0 Å². The van der Waals surface area contributed by atoms with E-state index < -0.39 is 0 Å². The number of fused-ring (bicyclic) bond motifs is 9. The van der Waals surface area contributed by atoms with Crippen molar-refractivity contribution in [3.63, 3.8) is 0 Å². The van der Waals surface area contributed by atoms with Gasteiger partial charge in [-0.15, -0.1) is 0 Å². The second-order valence-electron chi connectivity index (χ2n) is 18.9. The summed E-state index contributed by atoms with van der Waals surface area (Å²) in [5, 5.41) is 10.2. The summed E-state index contributed by atoms with van der Waals surface area (Å²) in [7, 11) is 0. The molecule has 12 aromatic carbocycles. The number of nitrogens with zero attached hydrogens (tertiary/aromatic N) is 1. The fourth-order valence-electron chi connectivity index (χ4n) is 11.0. The second kappa shape index (κ2) is 15.8. The van der Waals surface area contributed by atoms with Crippen molar-refractivity contribution in [3.8, 4) is 55.6 Å². The Kier molecular flexibility index (Phi) is 9.27. The first-order valence-electron chi connectivity index (χ1n) is 23.7. The van der Waals surface area contributed by atoms with Gasteiger partial charge in [-0.2, -0.15) is 0 Å². The molecule has 1 nitrogen and oxygen atoms in total. The molecule has 12 aromatic rings. The van der Waals surface area contributed by atoms with E-state index in [2.05, 4.69) is 267 Å². The van der Waals surface area contributed by atoms with Crippen LogP contribution in [0, 0.1) is 0 Å². The minimum atomic E-state index is -0.116. The summed E-state index contributed by atoms with van der Waals surface area (Å²) < 4.78 is 0. The molecule has 1 heteroatoms. The van der Waals surface area contributed by atoms with Gasteiger partial charge in [0.25, 0.3) is 0 Å². The molecule has 1 aliphatic carbocycles. The lowest BCUT2D eigenvalue weighted by molar-refractivity contribution is 0.660. The molecule has 320 valence electrons. The van der Waals surface area contributed by atoms with Crippen molar-refractivity contribution in [2.75, 3.05) is 4.90 Å². The van der Waals surface area contributed by atoms with Crippen molar-refractivity contribution in [2.45, 2.75) is 19.3 Å². The van der Waals surface area contributed by atoms with Gasteiger partial charge in [-0.05, 0) is 171 Å². The zero-order valence-corrected chi connectivity index (χ0v) is 38.1. The molecule has 0 spiro atoms. The zero-order chi connectivity index (χ0) is 45.3. The SMILES string of the molecule is CC1(C)c2ccccc2-c2ccc(N(c3ccc(-c4cccc(-c5ccc6c(ccc7ccccc76)c5)c4)cc3)c3ccc(-c4cccc(-c5ccc6c(ccc7ccccc76)c5)c4)cc3)cc21. The Morgan fingerprint density at radius 3 is 1.19 bits per heavy atom. The van der Waals surface area contributed by atoms with Crippen molar-refractivity contribution >= 4 is 60.2 Å². The zero-order valence-electron chi connectivity index (χ0n) is 38.1. The molecule has 0 radical (unpaired) electrons. The van der Waals surface area contributed by atoms with Crippen LogP contribution in [0.25, 0.3) is 98.7 Å². The van der Waals surface area contributed by atoms with Crippen LogP contribution in [0.4, 0.5) is 17.1 Å². The summed E-state index contributed by atoms with van der Waals surface area (Å²) >= 11 is 0. The number of rotatable bonds is 7. The predicted octanol–water partition coefficient (Wildman–Crippen LogP) is 18.7. The molecule has 13 rings (SSSR count). The van der Waals surface area contributed by atoms with Gasteiger partial charge >= 0.3 is 0 Å². The standard InChI is InChI=1S/C67H47N/c1-67(2)65-20-8-7-19-63(65)64-38-35-58(43-66(64)67)68(56-31-25-44(26-32-56)48-13-9-15-50(39-48)52-29-36-61-54(41-52)23-21-46-11-3-5-17-59(46)61)57-33-27-45(28-34-57)49-14-10-16-51(40-49)53-30-37-62-55(42-53)24-22-47-12-4-6-18-60(47)62/h3-43H,1-2H3. The van der Waals surface area contributed by atoms with Crippen LogP contribution in [-0.2, 0) is 5.41 Å². The average Bonchev–Trinajstić information content (AvgIpc) is 3.63. The Hall–Kier alpha value is -8.52.